The fraction of sp³-hybridized carbons (Fsp3) is 0.292. The number of imide groups is 2. The molecule has 0 spiro atoms. The average Bonchev–Trinajstić information content (AvgIpc) is 2.70. The topological polar surface area (TPSA) is 84.9 Å². The van der Waals surface area contributed by atoms with Crippen LogP contribution in [0.1, 0.15) is 37.5 Å². The molecule has 0 unspecified atom stereocenters. The maximum absolute atomic E-state index is 13.2. The Kier molecular flexibility index (Phi) is 7.22. The zero-order chi connectivity index (χ0) is 23.6. The predicted octanol–water partition coefficient (Wildman–Crippen LogP) is 4.76. The number of amides is 4. The molecule has 1 heterocycles. The van der Waals surface area contributed by atoms with E-state index in [0.717, 1.165) is 19.6 Å². The molecule has 168 valence electrons. The van der Waals surface area contributed by atoms with E-state index in [2.05, 4.69) is 27.9 Å². The van der Waals surface area contributed by atoms with E-state index < -0.39 is 17.8 Å². The van der Waals surface area contributed by atoms with E-state index in [1.165, 1.54) is 6.08 Å². The lowest BCUT2D eigenvalue weighted by atomic mass is 10.0. The second-order valence-corrected chi connectivity index (χ2v) is 8.84. The number of nitrogens with one attached hydrogen (secondary N) is 1. The van der Waals surface area contributed by atoms with Gasteiger partial charge >= 0.3 is 6.03 Å². The number of nitrogens with zero attached hydrogens (tertiary/aromatic N) is 1. The normalized spacial score (nSPS) is 15.4. The van der Waals surface area contributed by atoms with Crippen LogP contribution in [0, 0.1) is 17.4 Å². The Morgan fingerprint density at radius 1 is 1.12 bits per heavy atom. The number of halogens is 1. The Hall–Kier alpha value is -2.88. The van der Waals surface area contributed by atoms with Crippen LogP contribution in [0.2, 0.25) is 0 Å². The highest BCUT2D eigenvalue weighted by Crippen LogP contribution is 2.36. The number of aryl methyl sites for hydroxylation is 2. The Labute approximate surface area is 200 Å². The maximum Gasteiger partial charge on any atom is 0.335 e. The second-order valence-electron chi connectivity index (χ2n) is 7.68. The van der Waals surface area contributed by atoms with Crippen molar-refractivity contribution in [1.29, 1.82) is 0 Å². The number of carbonyl (C=O) groups is 3. The van der Waals surface area contributed by atoms with E-state index in [0.29, 0.717) is 29.4 Å². The van der Waals surface area contributed by atoms with Crippen LogP contribution in [0.5, 0.6) is 11.5 Å². The van der Waals surface area contributed by atoms with Crippen molar-refractivity contribution in [3.05, 3.63) is 56.2 Å². The van der Waals surface area contributed by atoms with Gasteiger partial charge in [-0.15, -0.1) is 0 Å². The van der Waals surface area contributed by atoms with E-state index in [9.17, 15) is 14.4 Å². The molecule has 0 aromatic heterocycles. The first kappa shape index (κ1) is 23.8. The summed E-state index contributed by atoms with van der Waals surface area (Å²) in [6, 6.07) is 8.22. The van der Waals surface area contributed by atoms with E-state index in [1.807, 2.05) is 39.8 Å². The third-order valence-electron chi connectivity index (χ3n) is 4.70. The molecule has 0 atom stereocenters. The Bertz CT molecular complexity index is 1120. The van der Waals surface area contributed by atoms with Crippen molar-refractivity contribution >= 4 is 52.2 Å². The third-order valence-corrected chi connectivity index (χ3v) is 5.50. The summed E-state index contributed by atoms with van der Waals surface area (Å²) in [4.78, 5) is 39.3. The standard InChI is InChI=1S/C24H25IN2O5/c1-6-31-20-12-16(11-18(25)21(20)32-13(2)3)10-17-22(28)26-24(30)27(23(17)29)19-9-14(4)7-8-15(19)5/h7-13H,6H2,1-5H3,(H,26,28,30)/b17-10+. The van der Waals surface area contributed by atoms with Gasteiger partial charge in [0.2, 0.25) is 0 Å². The van der Waals surface area contributed by atoms with Crippen LogP contribution in [0.15, 0.2) is 35.9 Å². The van der Waals surface area contributed by atoms with E-state index in [-0.39, 0.29) is 11.7 Å². The molecule has 2 aromatic rings. The zero-order valence-corrected chi connectivity index (χ0v) is 20.8. The molecule has 1 saturated heterocycles. The first-order valence-corrected chi connectivity index (χ1v) is 11.3. The second kappa shape index (κ2) is 9.72. The van der Waals surface area contributed by atoms with Gasteiger partial charge < -0.3 is 9.47 Å². The summed E-state index contributed by atoms with van der Waals surface area (Å²) in [6.45, 7) is 9.81. The van der Waals surface area contributed by atoms with Crippen LogP contribution >= 0.6 is 22.6 Å². The number of hydrogen-bond acceptors (Lipinski definition) is 5. The minimum absolute atomic E-state index is 0.0465. The average molecular weight is 548 g/mol. The highest BCUT2D eigenvalue weighted by atomic mass is 127. The van der Waals surface area contributed by atoms with Crippen molar-refractivity contribution in [3.8, 4) is 11.5 Å². The summed E-state index contributed by atoms with van der Waals surface area (Å²) in [5, 5.41) is 2.27. The van der Waals surface area contributed by atoms with Crippen molar-refractivity contribution in [1.82, 2.24) is 5.32 Å². The quantitative estimate of drug-likeness (QED) is 0.320. The van der Waals surface area contributed by atoms with Crippen molar-refractivity contribution < 1.29 is 23.9 Å². The number of carbonyl (C=O) groups excluding carboxylic acids is 3. The number of barbiturate groups is 1. The monoisotopic (exact) mass is 548 g/mol. The van der Waals surface area contributed by atoms with Gasteiger partial charge in [0.05, 0.1) is 22.0 Å². The number of rotatable bonds is 6. The number of benzene rings is 2. The summed E-state index contributed by atoms with van der Waals surface area (Å²) in [7, 11) is 0. The fourth-order valence-corrected chi connectivity index (χ4v) is 4.04. The highest BCUT2D eigenvalue weighted by molar-refractivity contribution is 14.1. The molecule has 0 saturated carbocycles. The molecule has 2 aromatic carbocycles. The first-order chi connectivity index (χ1) is 15.1. The molecule has 7 nitrogen and oxygen atoms in total. The van der Waals surface area contributed by atoms with Gasteiger partial charge in [0.25, 0.3) is 11.8 Å². The molecule has 1 aliphatic rings. The van der Waals surface area contributed by atoms with Gasteiger partial charge in [-0.3, -0.25) is 14.9 Å². The zero-order valence-electron chi connectivity index (χ0n) is 18.6. The van der Waals surface area contributed by atoms with Gasteiger partial charge in [-0.05, 0) is 98.2 Å². The summed E-state index contributed by atoms with van der Waals surface area (Å²) in [6.07, 6.45) is 1.42. The van der Waals surface area contributed by atoms with Crippen LogP contribution in [-0.2, 0) is 9.59 Å². The molecule has 3 rings (SSSR count). The van der Waals surface area contributed by atoms with Crippen LogP contribution in [0.25, 0.3) is 6.08 Å². The summed E-state index contributed by atoms with van der Waals surface area (Å²) < 4.78 is 12.4. The molecule has 1 aliphatic heterocycles. The molecule has 32 heavy (non-hydrogen) atoms. The van der Waals surface area contributed by atoms with Gasteiger partial charge in [-0.2, -0.15) is 0 Å². The number of ether oxygens (including phenoxy) is 2. The molecule has 8 heteroatoms. The molecule has 0 aliphatic carbocycles. The lowest BCUT2D eigenvalue weighted by Gasteiger charge is -2.28. The van der Waals surface area contributed by atoms with E-state index in [4.69, 9.17) is 9.47 Å². The van der Waals surface area contributed by atoms with Gasteiger partial charge in [0.15, 0.2) is 11.5 Å². The number of urea groups is 1. The minimum Gasteiger partial charge on any atom is -0.490 e. The van der Waals surface area contributed by atoms with Crippen LogP contribution in [0.4, 0.5) is 10.5 Å². The first-order valence-electron chi connectivity index (χ1n) is 10.2. The molecule has 0 radical (unpaired) electrons. The van der Waals surface area contributed by atoms with E-state index >= 15 is 0 Å². The van der Waals surface area contributed by atoms with E-state index in [1.54, 1.807) is 25.1 Å². The van der Waals surface area contributed by atoms with Gasteiger partial charge in [-0.25, -0.2) is 9.69 Å². The largest absolute Gasteiger partial charge is 0.490 e. The maximum atomic E-state index is 13.2. The molecule has 4 amide bonds. The fourth-order valence-electron chi connectivity index (χ4n) is 3.29. The predicted molar refractivity (Wildman–Crippen MR) is 131 cm³/mol. The summed E-state index contributed by atoms with van der Waals surface area (Å²) in [5.74, 6) is -0.290. The number of anilines is 1. The van der Waals surface area contributed by atoms with Gasteiger partial charge in [0, 0.05) is 0 Å². The molecular weight excluding hydrogens is 523 g/mol. The molecular formula is C24H25IN2O5. The Balaban J connectivity index is 2.07. The smallest absolute Gasteiger partial charge is 0.335 e. The highest BCUT2D eigenvalue weighted by Gasteiger charge is 2.37. The molecule has 1 fully saturated rings. The van der Waals surface area contributed by atoms with Crippen molar-refractivity contribution in [2.24, 2.45) is 0 Å². The van der Waals surface area contributed by atoms with Crippen molar-refractivity contribution in [2.75, 3.05) is 11.5 Å². The lowest BCUT2D eigenvalue weighted by molar-refractivity contribution is -0.122. The van der Waals surface area contributed by atoms with Crippen LogP contribution < -0.4 is 19.7 Å². The SMILES string of the molecule is CCOc1cc(/C=C2\C(=O)NC(=O)N(c3cc(C)ccc3C)C2=O)cc(I)c1OC(C)C. The minimum atomic E-state index is -0.767. The Morgan fingerprint density at radius 2 is 1.84 bits per heavy atom. The summed E-state index contributed by atoms with van der Waals surface area (Å²) >= 11 is 2.13. The van der Waals surface area contributed by atoms with Crippen molar-refractivity contribution in [3.63, 3.8) is 0 Å². The number of hydrogen-bond donors (Lipinski definition) is 1. The molecule has 0 bridgehead atoms. The molecule has 1 N–H and O–H groups in total. The van der Waals surface area contributed by atoms with Crippen LogP contribution in [0.3, 0.4) is 0 Å². The van der Waals surface area contributed by atoms with Crippen LogP contribution in [-0.4, -0.2) is 30.6 Å². The lowest BCUT2D eigenvalue weighted by Crippen LogP contribution is -2.54. The summed E-state index contributed by atoms with van der Waals surface area (Å²) in [5.41, 5.74) is 2.53. The van der Waals surface area contributed by atoms with Gasteiger partial charge in [0.1, 0.15) is 5.57 Å². The van der Waals surface area contributed by atoms with Crippen molar-refractivity contribution in [2.45, 2.75) is 40.7 Å². The Morgan fingerprint density at radius 3 is 2.50 bits per heavy atom. The third kappa shape index (κ3) is 4.95. The van der Waals surface area contributed by atoms with Gasteiger partial charge in [-0.1, -0.05) is 12.1 Å².